The summed E-state index contributed by atoms with van der Waals surface area (Å²) in [6.45, 7) is 7.83. The molecule has 2 aromatic rings. The zero-order valence-corrected chi connectivity index (χ0v) is 13.1. The molecule has 2 N–H and O–H groups in total. The number of nitrogens with two attached hydrogens (primary N) is 1. The molecule has 112 valence electrons. The molecule has 2 heterocycles. The first-order valence-electron chi connectivity index (χ1n) is 7.47. The molecule has 0 saturated heterocycles. The third-order valence-electron chi connectivity index (χ3n) is 3.39. The molecule has 0 aliphatic rings. The van der Waals surface area contributed by atoms with Crippen molar-refractivity contribution in [3.63, 3.8) is 0 Å². The molecule has 4 heteroatoms. The smallest absolute Gasteiger partial charge is 0.132 e. The van der Waals surface area contributed by atoms with E-state index >= 15 is 0 Å². The van der Waals surface area contributed by atoms with Crippen LogP contribution in [0.15, 0.2) is 36.5 Å². The van der Waals surface area contributed by atoms with Crippen LogP contribution in [-0.2, 0) is 13.0 Å². The number of hydrogen-bond donors (Lipinski definition) is 1. The highest BCUT2D eigenvalue weighted by Gasteiger charge is 2.13. The average Bonchev–Trinajstić information content (AvgIpc) is 2.45. The molecule has 1 unspecified atom stereocenters. The van der Waals surface area contributed by atoms with Crippen LogP contribution in [0.25, 0.3) is 0 Å². The summed E-state index contributed by atoms with van der Waals surface area (Å²) in [7, 11) is 0. The Morgan fingerprint density at radius 1 is 1.24 bits per heavy atom. The maximum atomic E-state index is 5.95. The van der Waals surface area contributed by atoms with E-state index in [4.69, 9.17) is 5.73 Å². The van der Waals surface area contributed by atoms with Gasteiger partial charge < -0.3 is 10.6 Å². The number of hydrogen-bond acceptors (Lipinski definition) is 4. The van der Waals surface area contributed by atoms with Crippen LogP contribution in [0.2, 0.25) is 0 Å². The normalized spacial score (nSPS) is 12.2. The number of nitrogens with zero attached hydrogens (tertiary/aromatic N) is 3. The van der Waals surface area contributed by atoms with Gasteiger partial charge in [0.1, 0.15) is 5.82 Å². The van der Waals surface area contributed by atoms with Gasteiger partial charge in [-0.3, -0.25) is 4.98 Å². The van der Waals surface area contributed by atoms with Crippen LogP contribution in [0.1, 0.15) is 30.8 Å². The lowest BCUT2D eigenvalue weighted by Gasteiger charge is -2.24. The molecule has 0 aliphatic carbocycles. The van der Waals surface area contributed by atoms with Gasteiger partial charge in [0.15, 0.2) is 0 Å². The van der Waals surface area contributed by atoms with E-state index in [1.165, 1.54) is 5.56 Å². The first-order chi connectivity index (χ1) is 10.1. The van der Waals surface area contributed by atoms with Crippen molar-refractivity contribution < 1.29 is 0 Å². The summed E-state index contributed by atoms with van der Waals surface area (Å²) in [6, 6.07) is 10.3. The second-order valence-electron chi connectivity index (χ2n) is 5.45. The molecule has 0 fully saturated rings. The van der Waals surface area contributed by atoms with Crippen LogP contribution in [-0.4, -0.2) is 22.6 Å². The van der Waals surface area contributed by atoms with Gasteiger partial charge in [-0.1, -0.05) is 12.1 Å². The lowest BCUT2D eigenvalue weighted by atomic mass is 10.1. The maximum Gasteiger partial charge on any atom is 0.132 e. The van der Waals surface area contributed by atoms with E-state index in [9.17, 15) is 0 Å². The van der Waals surface area contributed by atoms with Crippen LogP contribution in [0, 0.1) is 6.92 Å². The summed E-state index contributed by atoms with van der Waals surface area (Å²) in [5.41, 5.74) is 9.25. The van der Waals surface area contributed by atoms with Crippen molar-refractivity contribution in [2.24, 2.45) is 5.73 Å². The fraction of sp³-hybridized carbons (Fsp3) is 0.412. The summed E-state index contributed by atoms with van der Waals surface area (Å²) in [5, 5.41) is 0. The fourth-order valence-electron chi connectivity index (χ4n) is 2.44. The molecule has 2 rings (SSSR count). The van der Waals surface area contributed by atoms with Gasteiger partial charge in [-0.25, -0.2) is 4.98 Å². The molecule has 0 saturated carbocycles. The summed E-state index contributed by atoms with van der Waals surface area (Å²) < 4.78 is 0. The Hall–Kier alpha value is -1.94. The minimum Gasteiger partial charge on any atom is -0.351 e. The standard InChI is InChI=1S/C17H24N4/c1-4-21(12-16-9-5-7-14(3)20-16)17-15(11-13(2)18)8-6-10-19-17/h5-10,13H,4,11-12,18H2,1-3H3. The number of aromatic nitrogens is 2. The van der Waals surface area contributed by atoms with Crippen LogP contribution >= 0.6 is 0 Å². The van der Waals surface area contributed by atoms with Gasteiger partial charge >= 0.3 is 0 Å². The van der Waals surface area contributed by atoms with Gasteiger partial charge in [0.25, 0.3) is 0 Å². The number of aryl methyl sites for hydroxylation is 1. The first kappa shape index (κ1) is 15.4. The van der Waals surface area contributed by atoms with Crippen LogP contribution < -0.4 is 10.6 Å². The summed E-state index contributed by atoms with van der Waals surface area (Å²) in [6.07, 6.45) is 2.67. The second-order valence-corrected chi connectivity index (χ2v) is 5.45. The van der Waals surface area contributed by atoms with Gasteiger partial charge in [0.05, 0.1) is 12.2 Å². The molecule has 0 spiro atoms. The van der Waals surface area contributed by atoms with E-state index in [-0.39, 0.29) is 6.04 Å². The van der Waals surface area contributed by atoms with Gasteiger partial charge in [-0.05, 0) is 51.0 Å². The van der Waals surface area contributed by atoms with E-state index in [2.05, 4.69) is 33.9 Å². The highest BCUT2D eigenvalue weighted by molar-refractivity contribution is 5.47. The molecule has 21 heavy (non-hydrogen) atoms. The molecule has 0 aliphatic heterocycles. The SMILES string of the molecule is CCN(Cc1cccc(C)n1)c1ncccc1CC(C)N. The molecular weight excluding hydrogens is 260 g/mol. The van der Waals surface area contributed by atoms with E-state index in [0.717, 1.165) is 36.7 Å². The lowest BCUT2D eigenvalue weighted by molar-refractivity contribution is 0.720. The Labute approximate surface area is 127 Å². The summed E-state index contributed by atoms with van der Waals surface area (Å²) in [4.78, 5) is 11.4. The van der Waals surface area contributed by atoms with E-state index in [0.29, 0.717) is 0 Å². The summed E-state index contributed by atoms with van der Waals surface area (Å²) >= 11 is 0. The topological polar surface area (TPSA) is 55.0 Å². The third-order valence-corrected chi connectivity index (χ3v) is 3.39. The van der Waals surface area contributed by atoms with Crippen LogP contribution in [0.5, 0.6) is 0 Å². The van der Waals surface area contributed by atoms with Crippen molar-refractivity contribution in [2.45, 2.75) is 39.8 Å². The predicted molar refractivity (Wildman–Crippen MR) is 87.3 cm³/mol. The number of pyridine rings is 2. The Bertz CT molecular complexity index is 581. The third kappa shape index (κ3) is 4.26. The maximum absolute atomic E-state index is 5.95. The van der Waals surface area contributed by atoms with Crippen LogP contribution in [0.3, 0.4) is 0 Å². The van der Waals surface area contributed by atoms with Crippen LogP contribution in [0.4, 0.5) is 5.82 Å². The number of anilines is 1. The van der Waals surface area contributed by atoms with Crippen molar-refractivity contribution in [2.75, 3.05) is 11.4 Å². The minimum atomic E-state index is 0.128. The monoisotopic (exact) mass is 284 g/mol. The molecule has 2 aromatic heterocycles. The Kier molecular flexibility index (Phi) is 5.28. The highest BCUT2D eigenvalue weighted by atomic mass is 15.2. The van der Waals surface area contributed by atoms with Crippen molar-refractivity contribution >= 4 is 5.82 Å². The van der Waals surface area contributed by atoms with Crippen molar-refractivity contribution in [1.29, 1.82) is 0 Å². The van der Waals surface area contributed by atoms with Crippen molar-refractivity contribution in [3.8, 4) is 0 Å². The average molecular weight is 284 g/mol. The van der Waals surface area contributed by atoms with E-state index in [1.807, 2.05) is 38.2 Å². The zero-order valence-electron chi connectivity index (χ0n) is 13.1. The molecule has 0 amide bonds. The van der Waals surface area contributed by atoms with Crippen molar-refractivity contribution in [1.82, 2.24) is 9.97 Å². The van der Waals surface area contributed by atoms with E-state index < -0.39 is 0 Å². The molecule has 0 radical (unpaired) electrons. The largest absolute Gasteiger partial charge is 0.351 e. The van der Waals surface area contributed by atoms with Gasteiger partial charge in [-0.15, -0.1) is 0 Å². The highest BCUT2D eigenvalue weighted by Crippen LogP contribution is 2.20. The second kappa shape index (κ2) is 7.18. The predicted octanol–water partition coefficient (Wildman–Crippen LogP) is 2.70. The van der Waals surface area contributed by atoms with Gasteiger partial charge in [-0.2, -0.15) is 0 Å². The number of rotatable bonds is 6. The minimum absolute atomic E-state index is 0.128. The Morgan fingerprint density at radius 3 is 2.71 bits per heavy atom. The zero-order chi connectivity index (χ0) is 15.2. The molecule has 1 atom stereocenters. The fourth-order valence-corrected chi connectivity index (χ4v) is 2.44. The van der Waals surface area contributed by atoms with E-state index in [1.54, 1.807) is 0 Å². The quantitative estimate of drug-likeness (QED) is 0.886. The Balaban J connectivity index is 2.25. The van der Waals surface area contributed by atoms with Gasteiger partial charge in [0, 0.05) is 24.5 Å². The lowest BCUT2D eigenvalue weighted by Crippen LogP contribution is -2.27. The van der Waals surface area contributed by atoms with Crippen molar-refractivity contribution in [3.05, 3.63) is 53.5 Å². The molecule has 0 aromatic carbocycles. The first-order valence-corrected chi connectivity index (χ1v) is 7.47. The van der Waals surface area contributed by atoms with Gasteiger partial charge in [0.2, 0.25) is 0 Å². The Morgan fingerprint density at radius 2 is 2.05 bits per heavy atom. The molecular formula is C17H24N4. The summed E-state index contributed by atoms with van der Waals surface area (Å²) in [5.74, 6) is 1.01. The molecule has 0 bridgehead atoms. The molecule has 4 nitrogen and oxygen atoms in total.